The highest BCUT2D eigenvalue weighted by Gasteiger charge is 2.19. The summed E-state index contributed by atoms with van der Waals surface area (Å²) in [6, 6.07) is 3.79. The second-order valence-corrected chi connectivity index (χ2v) is 5.82. The van der Waals surface area contributed by atoms with Crippen LogP contribution in [0.4, 0.5) is 5.69 Å². The highest BCUT2D eigenvalue weighted by Crippen LogP contribution is 2.23. The Balaban J connectivity index is 3.16. The third-order valence-electron chi connectivity index (χ3n) is 2.66. The Morgan fingerprint density at radius 3 is 2.58 bits per heavy atom. The van der Waals surface area contributed by atoms with Gasteiger partial charge >= 0.3 is 0 Å². The van der Waals surface area contributed by atoms with Crippen molar-refractivity contribution in [2.45, 2.75) is 31.2 Å². The van der Waals surface area contributed by atoms with Crippen LogP contribution in [0.5, 0.6) is 0 Å². The molecule has 1 aromatic carbocycles. The topological polar surface area (TPSA) is 115 Å². The zero-order valence-corrected chi connectivity index (χ0v) is 11.6. The van der Waals surface area contributed by atoms with Gasteiger partial charge in [0.15, 0.2) is 0 Å². The van der Waals surface area contributed by atoms with Crippen LogP contribution in [0.2, 0.25) is 0 Å². The van der Waals surface area contributed by atoms with Crippen LogP contribution in [-0.2, 0) is 16.4 Å². The van der Waals surface area contributed by atoms with E-state index in [0.29, 0.717) is 12.0 Å². The second-order valence-electron chi connectivity index (χ2n) is 4.26. The van der Waals surface area contributed by atoms with Gasteiger partial charge < -0.3 is 5.32 Å². The highest BCUT2D eigenvalue weighted by atomic mass is 32.2. The molecule has 0 spiro atoms. The molecule has 0 aliphatic rings. The molecule has 1 rings (SSSR count). The molecule has 0 saturated carbocycles. The minimum atomic E-state index is -3.93. The molecule has 7 nitrogen and oxygen atoms in total. The van der Waals surface area contributed by atoms with Crippen LogP contribution >= 0.6 is 0 Å². The number of hydrogen-bond acceptors (Lipinski definition) is 5. The van der Waals surface area contributed by atoms with E-state index in [0.717, 1.165) is 12.6 Å². The van der Waals surface area contributed by atoms with E-state index in [-0.39, 0.29) is 16.6 Å². The maximum Gasteiger partial charge on any atom is 0.273 e. The smallest absolute Gasteiger partial charge is 0.273 e. The van der Waals surface area contributed by atoms with E-state index < -0.39 is 14.9 Å². The van der Waals surface area contributed by atoms with Gasteiger partial charge in [0, 0.05) is 17.7 Å². The minimum absolute atomic E-state index is 0.0593. The first kappa shape index (κ1) is 15.5. The number of hydrogen-bond donors (Lipinski definition) is 2. The highest BCUT2D eigenvalue weighted by molar-refractivity contribution is 7.89. The van der Waals surface area contributed by atoms with Gasteiger partial charge in [-0.05, 0) is 26.0 Å². The summed E-state index contributed by atoms with van der Waals surface area (Å²) in [6.07, 6.45) is 0.440. The van der Waals surface area contributed by atoms with Gasteiger partial charge in [-0.1, -0.05) is 13.0 Å². The molecule has 1 atom stereocenters. The number of nitrogens with zero attached hydrogens (tertiary/aromatic N) is 1. The van der Waals surface area contributed by atoms with E-state index in [1.54, 1.807) is 0 Å². The monoisotopic (exact) mass is 287 g/mol. The van der Waals surface area contributed by atoms with Crippen molar-refractivity contribution >= 4 is 15.7 Å². The lowest BCUT2D eigenvalue weighted by atomic mass is 10.1. The third kappa shape index (κ3) is 4.27. The van der Waals surface area contributed by atoms with Crippen molar-refractivity contribution in [3.05, 3.63) is 33.9 Å². The largest absolute Gasteiger partial charge is 0.314 e. The molecule has 3 N–H and O–H groups in total. The number of rotatable bonds is 6. The van der Waals surface area contributed by atoms with Gasteiger partial charge in [0.25, 0.3) is 5.69 Å². The summed E-state index contributed by atoms with van der Waals surface area (Å²) in [7, 11) is -3.93. The van der Waals surface area contributed by atoms with Crippen molar-refractivity contribution in [3.63, 3.8) is 0 Å². The van der Waals surface area contributed by atoms with Crippen molar-refractivity contribution < 1.29 is 13.3 Å². The second kappa shape index (κ2) is 6.09. The molecule has 0 aromatic heterocycles. The Morgan fingerprint density at radius 1 is 1.47 bits per heavy atom. The first-order valence-electron chi connectivity index (χ1n) is 5.79. The van der Waals surface area contributed by atoms with E-state index in [1.165, 1.54) is 12.1 Å². The molecule has 1 unspecified atom stereocenters. The van der Waals surface area contributed by atoms with Crippen molar-refractivity contribution in [2.24, 2.45) is 5.14 Å². The average Bonchev–Trinajstić information content (AvgIpc) is 2.27. The molecule has 8 heteroatoms. The summed E-state index contributed by atoms with van der Waals surface area (Å²) in [6.45, 7) is 4.60. The minimum Gasteiger partial charge on any atom is -0.314 e. The van der Waals surface area contributed by atoms with Crippen LogP contribution in [0.3, 0.4) is 0 Å². The maximum atomic E-state index is 11.2. The lowest BCUT2D eigenvalue weighted by molar-refractivity contribution is -0.385. The third-order valence-corrected chi connectivity index (χ3v) is 3.57. The molecule has 0 bridgehead atoms. The van der Waals surface area contributed by atoms with E-state index >= 15 is 0 Å². The van der Waals surface area contributed by atoms with Crippen LogP contribution in [0.25, 0.3) is 0 Å². The molecule has 0 radical (unpaired) electrons. The van der Waals surface area contributed by atoms with Gasteiger partial charge in [0.1, 0.15) is 0 Å². The molecule has 0 aliphatic carbocycles. The summed E-state index contributed by atoms with van der Waals surface area (Å²) < 4.78 is 22.4. The normalized spacial score (nSPS) is 13.2. The fraction of sp³-hybridized carbons (Fsp3) is 0.455. The predicted molar refractivity (Wildman–Crippen MR) is 71.3 cm³/mol. The predicted octanol–water partition coefficient (Wildman–Crippen LogP) is 0.783. The molecular weight excluding hydrogens is 270 g/mol. The van der Waals surface area contributed by atoms with Gasteiger partial charge in [-0.2, -0.15) is 0 Å². The zero-order valence-electron chi connectivity index (χ0n) is 10.8. The number of primary sulfonamides is 1. The average molecular weight is 287 g/mol. The Kier molecular flexibility index (Phi) is 4.98. The number of nitro groups is 1. The van der Waals surface area contributed by atoms with Crippen LogP contribution in [0.15, 0.2) is 23.1 Å². The van der Waals surface area contributed by atoms with Crippen molar-refractivity contribution in [3.8, 4) is 0 Å². The Hall–Kier alpha value is -1.51. The van der Waals surface area contributed by atoms with E-state index in [4.69, 9.17) is 5.14 Å². The van der Waals surface area contributed by atoms with Crippen molar-refractivity contribution in [1.29, 1.82) is 0 Å². The SMILES string of the molecule is CCNC(C)Cc1ccc(S(N)(=O)=O)cc1[N+](=O)[O-]. The number of sulfonamides is 1. The van der Waals surface area contributed by atoms with E-state index in [9.17, 15) is 18.5 Å². The molecule has 19 heavy (non-hydrogen) atoms. The lowest BCUT2D eigenvalue weighted by Gasteiger charge is -2.12. The lowest BCUT2D eigenvalue weighted by Crippen LogP contribution is -2.27. The number of nitro benzene ring substituents is 1. The summed E-state index contributed by atoms with van der Waals surface area (Å²) in [5, 5.41) is 19.1. The summed E-state index contributed by atoms with van der Waals surface area (Å²) >= 11 is 0. The zero-order chi connectivity index (χ0) is 14.6. The fourth-order valence-corrected chi connectivity index (χ4v) is 2.35. The molecule has 106 valence electrons. The van der Waals surface area contributed by atoms with Crippen LogP contribution in [-0.4, -0.2) is 25.9 Å². The first-order valence-corrected chi connectivity index (χ1v) is 7.33. The van der Waals surface area contributed by atoms with Crippen LogP contribution < -0.4 is 10.5 Å². The van der Waals surface area contributed by atoms with E-state index in [2.05, 4.69) is 5.32 Å². The van der Waals surface area contributed by atoms with Gasteiger partial charge in [-0.3, -0.25) is 10.1 Å². The van der Waals surface area contributed by atoms with Gasteiger partial charge in [0.05, 0.1) is 9.82 Å². The van der Waals surface area contributed by atoms with Crippen LogP contribution in [0.1, 0.15) is 19.4 Å². The molecule has 0 heterocycles. The summed E-state index contributed by atoms with van der Waals surface area (Å²) in [5.74, 6) is 0. The maximum absolute atomic E-state index is 11.2. The van der Waals surface area contributed by atoms with Crippen molar-refractivity contribution in [2.75, 3.05) is 6.54 Å². The standard InChI is InChI=1S/C11H17N3O4S/c1-3-13-8(2)6-9-4-5-10(19(12,17)18)7-11(9)14(15)16/h4-5,7-8,13H,3,6H2,1-2H3,(H2,12,17,18). The van der Waals surface area contributed by atoms with Crippen LogP contribution in [0, 0.1) is 10.1 Å². The summed E-state index contributed by atoms with van der Waals surface area (Å²) in [5.41, 5.74) is 0.252. The molecule has 0 aliphatic heterocycles. The Labute approximate surface area is 112 Å². The number of nitrogens with one attached hydrogen (secondary N) is 1. The number of nitrogens with two attached hydrogens (primary N) is 1. The molecule has 1 aromatic rings. The van der Waals surface area contributed by atoms with E-state index in [1.807, 2.05) is 13.8 Å². The quantitative estimate of drug-likeness (QED) is 0.592. The fourth-order valence-electron chi connectivity index (χ4n) is 1.81. The van der Waals surface area contributed by atoms with Gasteiger partial charge in [0.2, 0.25) is 10.0 Å². The summed E-state index contributed by atoms with van der Waals surface area (Å²) in [4.78, 5) is 10.1. The molecule has 0 saturated heterocycles. The van der Waals surface area contributed by atoms with Crippen molar-refractivity contribution in [1.82, 2.24) is 5.32 Å². The first-order chi connectivity index (χ1) is 8.75. The molecular formula is C11H17N3O4S. The Morgan fingerprint density at radius 2 is 2.11 bits per heavy atom. The number of benzene rings is 1. The molecule has 0 fully saturated rings. The van der Waals surface area contributed by atoms with Gasteiger partial charge in [-0.15, -0.1) is 0 Å². The van der Waals surface area contributed by atoms with Gasteiger partial charge in [-0.25, -0.2) is 13.6 Å². The molecule has 0 amide bonds. The number of likely N-dealkylation sites (N-methyl/N-ethyl adjacent to an activating group) is 1. The Bertz CT molecular complexity index is 571.